The smallest absolute Gasteiger partial charge is 0.151 e. The summed E-state index contributed by atoms with van der Waals surface area (Å²) in [6.07, 6.45) is 7.27. The minimum Gasteiger partial charge on any atom is -0.314 e. The van der Waals surface area contributed by atoms with Crippen molar-refractivity contribution in [3.05, 3.63) is 144 Å². The van der Waals surface area contributed by atoms with Crippen molar-refractivity contribution in [1.82, 2.24) is 19.9 Å². The van der Waals surface area contributed by atoms with Crippen LogP contribution in [0.1, 0.15) is 159 Å². The standard InChI is InChI=1S/C58H74N8/c1-53(2,3)37-19-21-43-45(31-37)65(41-25-29-61-49(35-41)57(13,14)15)51(63(43)39-23-27-59-47(33-39)55(7,8)9)52-64(40-24-28-60-48(34-40)56(10,11)12)44-22-20-38(54(4,5)6)32-46(44)66(52)42-26-30-62-50(36-42)58(16,17)18/h19-36,51-52H,1-18H3. The predicted octanol–water partition coefficient (Wildman–Crippen LogP) is 15.0. The molecule has 8 heteroatoms. The molecule has 6 aromatic rings. The number of anilines is 8. The lowest BCUT2D eigenvalue weighted by molar-refractivity contribution is 0.539. The van der Waals surface area contributed by atoms with E-state index in [1.807, 2.05) is 24.8 Å². The molecule has 0 saturated heterocycles. The first-order chi connectivity index (χ1) is 30.5. The molecule has 66 heavy (non-hydrogen) atoms. The van der Waals surface area contributed by atoms with E-state index in [0.717, 1.165) is 68.3 Å². The second-order valence-corrected chi connectivity index (χ2v) is 24.8. The van der Waals surface area contributed by atoms with E-state index in [9.17, 15) is 0 Å². The fourth-order valence-electron chi connectivity index (χ4n) is 9.19. The predicted molar refractivity (Wildman–Crippen MR) is 278 cm³/mol. The van der Waals surface area contributed by atoms with Crippen molar-refractivity contribution in [2.75, 3.05) is 19.6 Å². The zero-order chi connectivity index (χ0) is 48.1. The summed E-state index contributed by atoms with van der Waals surface area (Å²) in [5, 5.41) is 0. The lowest BCUT2D eigenvalue weighted by Gasteiger charge is -2.45. The van der Waals surface area contributed by atoms with Crippen LogP contribution in [0.3, 0.4) is 0 Å². The van der Waals surface area contributed by atoms with Crippen LogP contribution in [-0.2, 0) is 32.5 Å². The van der Waals surface area contributed by atoms with Crippen LogP contribution in [0.2, 0.25) is 0 Å². The van der Waals surface area contributed by atoms with E-state index in [0.29, 0.717) is 0 Å². The topological polar surface area (TPSA) is 64.5 Å². The zero-order valence-electron chi connectivity index (χ0n) is 43.1. The van der Waals surface area contributed by atoms with Gasteiger partial charge in [0.2, 0.25) is 0 Å². The molecule has 2 aliphatic heterocycles. The summed E-state index contributed by atoms with van der Waals surface area (Å²) >= 11 is 0. The van der Waals surface area contributed by atoms with Crippen molar-refractivity contribution >= 4 is 45.5 Å². The number of rotatable bonds is 5. The third-order valence-corrected chi connectivity index (χ3v) is 13.2. The van der Waals surface area contributed by atoms with Gasteiger partial charge in [-0.2, -0.15) is 0 Å². The van der Waals surface area contributed by atoms with E-state index >= 15 is 0 Å². The third kappa shape index (κ3) is 8.68. The van der Waals surface area contributed by atoms with Crippen LogP contribution >= 0.6 is 0 Å². The fourth-order valence-corrected chi connectivity index (χ4v) is 9.19. The van der Waals surface area contributed by atoms with Crippen molar-refractivity contribution < 1.29 is 0 Å². The summed E-state index contributed by atoms with van der Waals surface area (Å²) in [4.78, 5) is 30.4. The lowest BCUT2D eigenvalue weighted by Crippen LogP contribution is -2.58. The average molecular weight is 883 g/mol. The molecule has 0 aliphatic carbocycles. The third-order valence-electron chi connectivity index (χ3n) is 13.2. The highest BCUT2D eigenvalue weighted by atomic mass is 15.5. The second-order valence-electron chi connectivity index (χ2n) is 24.8. The molecule has 2 unspecified atom stereocenters. The Morgan fingerprint density at radius 1 is 0.288 bits per heavy atom. The van der Waals surface area contributed by atoms with Gasteiger partial charge in [-0.3, -0.25) is 19.9 Å². The highest BCUT2D eigenvalue weighted by molar-refractivity contribution is 5.95. The van der Waals surface area contributed by atoms with Gasteiger partial charge >= 0.3 is 0 Å². The maximum atomic E-state index is 5.01. The summed E-state index contributed by atoms with van der Waals surface area (Å²) in [5.41, 5.74) is 14.7. The molecule has 8 rings (SSSR count). The molecule has 0 radical (unpaired) electrons. The SMILES string of the molecule is CC(C)(C)c1ccc2c(c1)N(c1ccnc(C(C)(C)C)c1)C(C1N(c3ccnc(C(C)(C)C)c3)c3ccc(C(C)(C)C)cc3N1c1ccnc(C(C)(C)C)c1)N2c1ccnc(C(C)(C)C)c1. The fraction of sp³-hybridized carbons (Fsp3) is 0.448. The number of aromatic nitrogens is 4. The van der Waals surface area contributed by atoms with Gasteiger partial charge in [0, 0.05) is 92.0 Å². The maximum absolute atomic E-state index is 5.01. The normalized spacial score (nSPS) is 17.1. The number of benzene rings is 2. The Morgan fingerprint density at radius 2 is 0.530 bits per heavy atom. The van der Waals surface area contributed by atoms with Crippen molar-refractivity contribution in [1.29, 1.82) is 0 Å². The first-order valence-corrected chi connectivity index (χ1v) is 23.9. The first-order valence-electron chi connectivity index (χ1n) is 23.9. The number of hydrogen-bond acceptors (Lipinski definition) is 8. The summed E-state index contributed by atoms with van der Waals surface area (Å²) in [6, 6.07) is 32.3. The van der Waals surface area contributed by atoms with Crippen molar-refractivity contribution in [2.45, 2.75) is 169 Å². The average Bonchev–Trinajstić information content (AvgIpc) is 3.74. The van der Waals surface area contributed by atoms with Gasteiger partial charge < -0.3 is 19.6 Å². The van der Waals surface area contributed by atoms with Crippen LogP contribution in [0.4, 0.5) is 45.5 Å². The Labute approximate surface area is 396 Å². The van der Waals surface area contributed by atoms with Gasteiger partial charge in [-0.15, -0.1) is 0 Å². The summed E-state index contributed by atoms with van der Waals surface area (Å²) in [5.74, 6) is 0. The van der Waals surface area contributed by atoms with E-state index in [2.05, 4.69) is 229 Å². The molecule has 0 bridgehead atoms. The molecule has 0 amide bonds. The van der Waals surface area contributed by atoms with Gasteiger partial charge in [0.05, 0.1) is 22.7 Å². The van der Waals surface area contributed by atoms with Crippen LogP contribution in [-0.4, -0.2) is 32.3 Å². The van der Waals surface area contributed by atoms with Crippen LogP contribution in [0.25, 0.3) is 0 Å². The molecule has 8 nitrogen and oxygen atoms in total. The first kappa shape index (κ1) is 46.8. The molecule has 2 aromatic carbocycles. The lowest BCUT2D eigenvalue weighted by atomic mass is 9.86. The Bertz CT molecular complexity index is 2570. The zero-order valence-corrected chi connectivity index (χ0v) is 43.1. The minimum atomic E-state index is -0.358. The summed E-state index contributed by atoms with van der Waals surface area (Å²) in [6.45, 7) is 40.8. The van der Waals surface area contributed by atoms with Crippen LogP contribution in [0.5, 0.6) is 0 Å². The summed E-state index contributed by atoms with van der Waals surface area (Å²) in [7, 11) is 0. The molecule has 6 heterocycles. The Morgan fingerprint density at radius 3 is 0.758 bits per heavy atom. The molecule has 2 aliphatic rings. The molecule has 346 valence electrons. The molecule has 0 saturated carbocycles. The van der Waals surface area contributed by atoms with E-state index in [-0.39, 0.29) is 44.8 Å². The molecule has 0 spiro atoms. The minimum absolute atomic E-state index is 0.0969. The molecule has 2 atom stereocenters. The monoisotopic (exact) mass is 883 g/mol. The van der Waals surface area contributed by atoms with Gasteiger partial charge in [-0.05, 0) is 94.8 Å². The molecule has 0 fully saturated rings. The van der Waals surface area contributed by atoms with Crippen LogP contribution in [0, 0.1) is 0 Å². The molecule has 0 N–H and O–H groups in total. The van der Waals surface area contributed by atoms with Crippen molar-refractivity contribution in [2.24, 2.45) is 0 Å². The van der Waals surface area contributed by atoms with E-state index in [4.69, 9.17) is 19.9 Å². The Balaban J connectivity index is 1.55. The van der Waals surface area contributed by atoms with E-state index in [1.54, 1.807) is 0 Å². The van der Waals surface area contributed by atoms with Crippen LogP contribution in [0.15, 0.2) is 110 Å². The van der Waals surface area contributed by atoms with E-state index < -0.39 is 0 Å². The number of nitrogens with zero attached hydrogens (tertiary/aromatic N) is 8. The largest absolute Gasteiger partial charge is 0.314 e. The van der Waals surface area contributed by atoms with Crippen molar-refractivity contribution in [3.8, 4) is 0 Å². The van der Waals surface area contributed by atoms with Gasteiger partial charge in [0.25, 0.3) is 0 Å². The summed E-state index contributed by atoms with van der Waals surface area (Å²) < 4.78 is 0. The van der Waals surface area contributed by atoms with Crippen molar-refractivity contribution in [3.63, 3.8) is 0 Å². The molecular weight excluding hydrogens is 809 g/mol. The Hall–Kier alpha value is -5.76. The number of fused-ring (bicyclic) bond motifs is 2. The number of hydrogen-bond donors (Lipinski definition) is 0. The number of pyridine rings is 4. The highest BCUT2D eigenvalue weighted by Crippen LogP contribution is 2.57. The highest BCUT2D eigenvalue weighted by Gasteiger charge is 2.52. The maximum Gasteiger partial charge on any atom is 0.151 e. The van der Waals surface area contributed by atoms with Gasteiger partial charge in [-0.1, -0.05) is 137 Å². The van der Waals surface area contributed by atoms with Crippen LogP contribution < -0.4 is 19.6 Å². The van der Waals surface area contributed by atoms with Gasteiger partial charge in [-0.25, -0.2) is 0 Å². The van der Waals surface area contributed by atoms with Gasteiger partial charge in [0.15, 0.2) is 12.3 Å². The molecular formula is C58H74N8. The van der Waals surface area contributed by atoms with E-state index in [1.165, 1.54) is 11.1 Å². The quantitative estimate of drug-likeness (QED) is 0.170. The Kier molecular flexibility index (Phi) is 11.3. The molecule has 4 aromatic heterocycles. The second kappa shape index (κ2) is 16.0. The van der Waals surface area contributed by atoms with Gasteiger partial charge in [0.1, 0.15) is 0 Å².